The van der Waals surface area contributed by atoms with E-state index < -0.39 is 0 Å². The fourth-order valence-corrected chi connectivity index (χ4v) is 2.10. The highest BCUT2D eigenvalue weighted by Crippen LogP contribution is 2.15. The highest BCUT2D eigenvalue weighted by molar-refractivity contribution is 5.94. The van der Waals surface area contributed by atoms with Crippen LogP contribution in [0.1, 0.15) is 26.7 Å². The number of nitrogens with one attached hydrogen (secondary N) is 2. The van der Waals surface area contributed by atoms with Gasteiger partial charge in [0.25, 0.3) is 0 Å². The first-order valence-electron chi connectivity index (χ1n) is 5.98. The van der Waals surface area contributed by atoms with Crippen LogP contribution in [0, 0.1) is 0 Å². The summed E-state index contributed by atoms with van der Waals surface area (Å²) in [6.45, 7) is 6.45. The Labute approximate surface area is 96.4 Å². The second kappa shape index (κ2) is 4.97. The maximum atomic E-state index is 11.9. The molecule has 4 heteroatoms. The Hall–Kier alpha value is -0.870. The number of amides is 1. The number of hydrogen-bond donors (Lipinski definition) is 2. The molecule has 2 atom stereocenters. The molecule has 0 aromatic carbocycles. The van der Waals surface area contributed by atoms with Gasteiger partial charge in [0, 0.05) is 31.3 Å². The number of carbonyl (C=O) groups excluding carboxylic acids is 1. The van der Waals surface area contributed by atoms with Crippen LogP contribution in [0.4, 0.5) is 0 Å². The van der Waals surface area contributed by atoms with Crippen molar-refractivity contribution in [1.82, 2.24) is 10.6 Å². The molecule has 16 heavy (non-hydrogen) atoms. The molecule has 0 aliphatic carbocycles. The molecule has 0 bridgehead atoms. The lowest BCUT2D eigenvalue weighted by molar-refractivity contribution is -0.119. The van der Waals surface area contributed by atoms with Crippen molar-refractivity contribution in [2.75, 3.05) is 19.7 Å². The molecule has 90 valence electrons. The van der Waals surface area contributed by atoms with Gasteiger partial charge in [-0.2, -0.15) is 0 Å². The van der Waals surface area contributed by atoms with Crippen molar-refractivity contribution < 1.29 is 9.53 Å². The van der Waals surface area contributed by atoms with E-state index in [-0.39, 0.29) is 18.1 Å². The molecule has 4 nitrogen and oxygen atoms in total. The molecule has 2 aliphatic heterocycles. The second-order valence-corrected chi connectivity index (χ2v) is 4.71. The molecule has 2 aliphatic rings. The zero-order valence-corrected chi connectivity index (χ0v) is 10.0. The second-order valence-electron chi connectivity index (χ2n) is 4.71. The Balaban J connectivity index is 1.86. The van der Waals surface area contributed by atoms with Gasteiger partial charge in [-0.1, -0.05) is 0 Å². The maximum Gasteiger partial charge on any atom is 0.247 e. The highest BCUT2D eigenvalue weighted by Gasteiger charge is 2.23. The summed E-state index contributed by atoms with van der Waals surface area (Å²) in [7, 11) is 0. The lowest BCUT2D eigenvalue weighted by Gasteiger charge is -2.29. The molecule has 2 unspecified atom stereocenters. The van der Waals surface area contributed by atoms with Crippen LogP contribution in [0.5, 0.6) is 0 Å². The zero-order chi connectivity index (χ0) is 11.5. The first-order chi connectivity index (χ1) is 7.66. The van der Waals surface area contributed by atoms with E-state index in [0.29, 0.717) is 0 Å². The quantitative estimate of drug-likeness (QED) is 0.675. The fourth-order valence-electron chi connectivity index (χ4n) is 2.10. The molecule has 0 aromatic heterocycles. The van der Waals surface area contributed by atoms with Gasteiger partial charge in [0.15, 0.2) is 0 Å². The van der Waals surface area contributed by atoms with Crippen LogP contribution >= 0.6 is 0 Å². The van der Waals surface area contributed by atoms with Crippen molar-refractivity contribution in [2.45, 2.75) is 38.8 Å². The van der Waals surface area contributed by atoms with Crippen LogP contribution in [0.15, 0.2) is 11.1 Å². The minimum Gasteiger partial charge on any atom is -0.378 e. The van der Waals surface area contributed by atoms with Crippen LogP contribution in [0.3, 0.4) is 0 Å². The topological polar surface area (TPSA) is 50.4 Å². The Kier molecular flexibility index (Phi) is 3.61. The third-order valence-corrected chi connectivity index (χ3v) is 3.37. The largest absolute Gasteiger partial charge is 0.378 e. The van der Waals surface area contributed by atoms with Gasteiger partial charge in [0.05, 0.1) is 6.10 Å². The molecule has 0 radical (unpaired) electrons. The third kappa shape index (κ3) is 2.62. The molecule has 0 aromatic rings. The summed E-state index contributed by atoms with van der Waals surface area (Å²) in [6, 6.07) is 0.278. The van der Waals surface area contributed by atoms with E-state index >= 15 is 0 Å². The lowest BCUT2D eigenvalue weighted by atomic mass is 10.0. The highest BCUT2D eigenvalue weighted by atomic mass is 16.5. The average Bonchev–Trinajstić information content (AvgIpc) is 2.14. The molecular weight excluding hydrogens is 204 g/mol. The van der Waals surface area contributed by atoms with Gasteiger partial charge in [-0.25, -0.2) is 0 Å². The van der Waals surface area contributed by atoms with Crippen molar-refractivity contribution in [3.05, 3.63) is 11.1 Å². The monoisotopic (exact) mass is 224 g/mol. The van der Waals surface area contributed by atoms with Gasteiger partial charge in [0.2, 0.25) is 5.91 Å². The van der Waals surface area contributed by atoms with E-state index in [1.165, 1.54) is 5.57 Å². The molecule has 2 fully saturated rings. The summed E-state index contributed by atoms with van der Waals surface area (Å²) in [5, 5.41) is 6.24. The first kappa shape index (κ1) is 11.6. The third-order valence-electron chi connectivity index (χ3n) is 3.37. The van der Waals surface area contributed by atoms with E-state index in [1.807, 2.05) is 6.92 Å². The number of carbonyl (C=O) groups is 1. The van der Waals surface area contributed by atoms with E-state index in [9.17, 15) is 4.79 Å². The van der Waals surface area contributed by atoms with E-state index in [2.05, 4.69) is 17.6 Å². The zero-order valence-electron chi connectivity index (χ0n) is 10.0. The van der Waals surface area contributed by atoms with Crippen molar-refractivity contribution in [1.29, 1.82) is 0 Å². The van der Waals surface area contributed by atoms with Crippen molar-refractivity contribution in [3.8, 4) is 0 Å². The van der Waals surface area contributed by atoms with Gasteiger partial charge >= 0.3 is 0 Å². The normalized spacial score (nSPS) is 29.5. The molecular formula is C12H20N2O2. The number of rotatable bonds is 2. The summed E-state index contributed by atoms with van der Waals surface area (Å²) >= 11 is 0. The van der Waals surface area contributed by atoms with E-state index in [4.69, 9.17) is 4.74 Å². The predicted molar refractivity (Wildman–Crippen MR) is 62.1 cm³/mol. The summed E-state index contributed by atoms with van der Waals surface area (Å²) < 4.78 is 5.46. The maximum absolute atomic E-state index is 11.9. The average molecular weight is 224 g/mol. The number of ether oxygens (including phenoxy) is 1. The Morgan fingerprint density at radius 3 is 2.81 bits per heavy atom. The van der Waals surface area contributed by atoms with Gasteiger partial charge in [-0.05, 0) is 32.3 Å². The van der Waals surface area contributed by atoms with Crippen LogP contribution in [-0.2, 0) is 9.53 Å². The van der Waals surface area contributed by atoms with Gasteiger partial charge in [-0.3, -0.25) is 4.79 Å². The molecule has 1 amide bonds. The molecule has 2 heterocycles. The molecule has 2 N–H and O–H groups in total. The van der Waals surface area contributed by atoms with Crippen LogP contribution in [0.25, 0.3) is 0 Å². The Morgan fingerprint density at radius 2 is 2.25 bits per heavy atom. The Bertz CT molecular complexity index is 306. The van der Waals surface area contributed by atoms with Gasteiger partial charge < -0.3 is 15.4 Å². The van der Waals surface area contributed by atoms with Gasteiger partial charge in [-0.15, -0.1) is 0 Å². The summed E-state index contributed by atoms with van der Waals surface area (Å²) in [4.78, 5) is 11.9. The Morgan fingerprint density at radius 1 is 1.50 bits per heavy atom. The molecule has 2 saturated heterocycles. The van der Waals surface area contributed by atoms with E-state index in [1.54, 1.807) is 0 Å². The molecule has 0 saturated carbocycles. The lowest BCUT2D eigenvalue weighted by Crippen LogP contribution is -2.43. The summed E-state index contributed by atoms with van der Waals surface area (Å²) in [5.41, 5.74) is 2.12. The van der Waals surface area contributed by atoms with Crippen LogP contribution in [0.2, 0.25) is 0 Å². The van der Waals surface area contributed by atoms with Crippen molar-refractivity contribution >= 4 is 5.91 Å². The first-order valence-corrected chi connectivity index (χ1v) is 5.98. The standard InChI is InChI=1S/C12H20N2O2/c1-8-5-11(3-4-16-8)14-12(15)9(2)10-6-13-7-10/h8,11,13H,3-7H2,1-2H3,(H,14,15). The molecule has 2 rings (SSSR count). The minimum absolute atomic E-state index is 0.0931. The van der Waals surface area contributed by atoms with Gasteiger partial charge in [0.1, 0.15) is 0 Å². The smallest absolute Gasteiger partial charge is 0.247 e. The SMILES string of the molecule is CC(C(=O)NC1CCOC(C)C1)=C1CNC1. The predicted octanol–water partition coefficient (Wildman–Crippen LogP) is 0.590. The number of hydrogen-bond acceptors (Lipinski definition) is 3. The van der Waals surface area contributed by atoms with Crippen LogP contribution < -0.4 is 10.6 Å². The van der Waals surface area contributed by atoms with E-state index in [0.717, 1.165) is 38.1 Å². The summed E-state index contributed by atoms with van der Waals surface area (Å²) in [6.07, 6.45) is 2.11. The van der Waals surface area contributed by atoms with Crippen molar-refractivity contribution in [3.63, 3.8) is 0 Å². The molecule has 0 spiro atoms. The minimum atomic E-state index is 0.0931. The van der Waals surface area contributed by atoms with Crippen LogP contribution in [-0.4, -0.2) is 37.7 Å². The summed E-state index contributed by atoms with van der Waals surface area (Å²) in [5.74, 6) is 0.0931. The van der Waals surface area contributed by atoms with Crippen molar-refractivity contribution in [2.24, 2.45) is 0 Å². The fraction of sp³-hybridized carbons (Fsp3) is 0.750.